The minimum absolute atomic E-state index is 0.0130. The van der Waals surface area contributed by atoms with E-state index in [1.54, 1.807) is 36.4 Å². The van der Waals surface area contributed by atoms with Crippen molar-refractivity contribution in [2.45, 2.75) is 6.04 Å². The third-order valence-electron chi connectivity index (χ3n) is 5.90. The zero-order valence-corrected chi connectivity index (χ0v) is 18.3. The molecule has 1 aromatic carbocycles. The molecule has 1 atom stereocenters. The van der Waals surface area contributed by atoms with Crippen molar-refractivity contribution in [3.8, 4) is 0 Å². The van der Waals surface area contributed by atoms with Crippen LogP contribution < -0.4 is 0 Å². The lowest BCUT2D eigenvalue weighted by Crippen LogP contribution is -2.42. The number of Topliss-reactive ketones (excluding diaryl/α,β-unsaturated/α-hetero) is 1. The van der Waals surface area contributed by atoms with E-state index in [4.69, 9.17) is 9.47 Å². The van der Waals surface area contributed by atoms with Crippen LogP contribution in [0.5, 0.6) is 0 Å². The van der Waals surface area contributed by atoms with Crippen LogP contribution in [0.4, 0.5) is 0 Å². The molecular weight excluding hydrogens is 426 g/mol. The maximum Gasteiger partial charge on any atom is 0.337 e. The van der Waals surface area contributed by atoms with Crippen LogP contribution in [0.25, 0.3) is 5.76 Å². The van der Waals surface area contributed by atoms with Gasteiger partial charge in [0.05, 0.1) is 37.5 Å². The predicted octanol–water partition coefficient (Wildman–Crippen LogP) is 1.62. The maximum atomic E-state index is 13.1. The first-order chi connectivity index (χ1) is 16.0. The number of nitrogens with zero attached hydrogens (tertiary/aromatic N) is 3. The van der Waals surface area contributed by atoms with Gasteiger partial charge in [0.25, 0.3) is 11.7 Å². The Morgan fingerprint density at radius 3 is 2.36 bits per heavy atom. The molecule has 3 heterocycles. The standard InChI is InChI=1S/C24H25N3O6/c1-32-24(31)18-4-2-16(3-5-18)20-19(21(28)17-6-8-25-9-7-17)22(29)23(30)27(20)11-10-26-12-14-33-15-13-26/h2-9,20,28H,10-15H2,1H3/t20-/m0/s1. The Balaban J connectivity index is 1.72. The van der Waals surface area contributed by atoms with E-state index in [2.05, 4.69) is 9.88 Å². The Kier molecular flexibility index (Phi) is 6.81. The van der Waals surface area contributed by atoms with Crippen LogP contribution in [0.2, 0.25) is 0 Å². The summed E-state index contributed by atoms with van der Waals surface area (Å²) < 4.78 is 10.1. The van der Waals surface area contributed by atoms with Crippen LogP contribution >= 0.6 is 0 Å². The highest BCUT2D eigenvalue weighted by Crippen LogP contribution is 2.39. The molecule has 0 saturated carbocycles. The van der Waals surface area contributed by atoms with E-state index in [0.717, 1.165) is 13.1 Å². The lowest BCUT2D eigenvalue weighted by atomic mass is 9.95. The number of ether oxygens (including phenoxy) is 2. The molecule has 0 spiro atoms. The van der Waals surface area contributed by atoms with Crippen LogP contribution in [0.15, 0.2) is 54.4 Å². The maximum absolute atomic E-state index is 13.1. The van der Waals surface area contributed by atoms with E-state index < -0.39 is 23.7 Å². The van der Waals surface area contributed by atoms with Crippen molar-refractivity contribution in [1.82, 2.24) is 14.8 Å². The lowest BCUT2D eigenvalue weighted by Gasteiger charge is -2.31. The number of amides is 1. The van der Waals surface area contributed by atoms with E-state index >= 15 is 0 Å². The summed E-state index contributed by atoms with van der Waals surface area (Å²) >= 11 is 0. The molecule has 1 aromatic heterocycles. The third-order valence-corrected chi connectivity index (χ3v) is 5.90. The number of carbonyl (C=O) groups excluding carboxylic acids is 3. The molecule has 2 saturated heterocycles. The van der Waals surface area contributed by atoms with Gasteiger partial charge in [0.15, 0.2) is 0 Å². The summed E-state index contributed by atoms with van der Waals surface area (Å²) in [6.07, 6.45) is 3.01. The first-order valence-corrected chi connectivity index (χ1v) is 10.7. The summed E-state index contributed by atoms with van der Waals surface area (Å²) in [5.74, 6) is -2.15. The fourth-order valence-corrected chi connectivity index (χ4v) is 4.12. The van der Waals surface area contributed by atoms with Gasteiger partial charge in [0.2, 0.25) is 0 Å². The molecular formula is C24H25N3O6. The van der Waals surface area contributed by atoms with Gasteiger partial charge >= 0.3 is 5.97 Å². The van der Waals surface area contributed by atoms with Crippen molar-refractivity contribution in [2.75, 3.05) is 46.5 Å². The van der Waals surface area contributed by atoms with Crippen molar-refractivity contribution in [3.05, 3.63) is 71.1 Å². The average Bonchev–Trinajstić information content (AvgIpc) is 3.12. The zero-order chi connectivity index (χ0) is 23.4. The number of likely N-dealkylation sites (tertiary alicyclic amines) is 1. The Morgan fingerprint density at radius 1 is 1.06 bits per heavy atom. The fourth-order valence-electron chi connectivity index (χ4n) is 4.12. The molecule has 33 heavy (non-hydrogen) atoms. The van der Waals surface area contributed by atoms with Gasteiger partial charge in [0, 0.05) is 44.1 Å². The smallest absolute Gasteiger partial charge is 0.337 e. The zero-order valence-electron chi connectivity index (χ0n) is 18.3. The second-order valence-corrected chi connectivity index (χ2v) is 7.80. The van der Waals surface area contributed by atoms with E-state index in [1.165, 1.54) is 24.4 Å². The van der Waals surface area contributed by atoms with Crippen molar-refractivity contribution in [3.63, 3.8) is 0 Å². The first kappa shape index (κ1) is 22.6. The number of ketones is 1. The van der Waals surface area contributed by atoms with Crippen LogP contribution in [-0.4, -0.2) is 84.1 Å². The van der Waals surface area contributed by atoms with Crippen molar-refractivity contribution in [1.29, 1.82) is 0 Å². The van der Waals surface area contributed by atoms with Crippen molar-refractivity contribution in [2.24, 2.45) is 0 Å². The highest BCUT2D eigenvalue weighted by molar-refractivity contribution is 6.46. The van der Waals surface area contributed by atoms with Gasteiger partial charge in [0.1, 0.15) is 5.76 Å². The van der Waals surface area contributed by atoms with Gasteiger partial charge in [-0.1, -0.05) is 12.1 Å². The molecule has 9 nitrogen and oxygen atoms in total. The highest BCUT2D eigenvalue weighted by atomic mass is 16.5. The molecule has 0 unspecified atom stereocenters. The lowest BCUT2D eigenvalue weighted by molar-refractivity contribution is -0.140. The number of methoxy groups -OCH3 is 1. The number of benzene rings is 1. The van der Waals surface area contributed by atoms with E-state index in [1.807, 2.05) is 0 Å². The van der Waals surface area contributed by atoms with Crippen LogP contribution in [0, 0.1) is 0 Å². The quantitative estimate of drug-likeness (QED) is 0.305. The van der Waals surface area contributed by atoms with Gasteiger partial charge in [-0.3, -0.25) is 19.5 Å². The fraction of sp³-hybridized carbons (Fsp3) is 0.333. The van der Waals surface area contributed by atoms with Crippen molar-refractivity contribution < 1.29 is 29.0 Å². The second kappa shape index (κ2) is 9.93. The second-order valence-electron chi connectivity index (χ2n) is 7.80. The Morgan fingerprint density at radius 2 is 1.73 bits per heavy atom. The number of hydrogen-bond donors (Lipinski definition) is 1. The van der Waals surface area contributed by atoms with E-state index in [9.17, 15) is 19.5 Å². The molecule has 9 heteroatoms. The van der Waals surface area contributed by atoms with Gasteiger partial charge in [-0.2, -0.15) is 0 Å². The molecule has 2 fully saturated rings. The minimum atomic E-state index is -0.786. The first-order valence-electron chi connectivity index (χ1n) is 10.7. The molecule has 172 valence electrons. The molecule has 1 amide bonds. The van der Waals surface area contributed by atoms with E-state index in [0.29, 0.717) is 43.0 Å². The molecule has 4 rings (SSSR count). The number of morpholine rings is 1. The summed E-state index contributed by atoms with van der Waals surface area (Å²) in [6.45, 7) is 3.63. The largest absolute Gasteiger partial charge is 0.507 e. The average molecular weight is 451 g/mol. The number of aromatic nitrogens is 1. The topological polar surface area (TPSA) is 109 Å². The van der Waals surface area contributed by atoms with Crippen LogP contribution in [0.1, 0.15) is 27.5 Å². The predicted molar refractivity (Wildman–Crippen MR) is 118 cm³/mol. The van der Waals surface area contributed by atoms with Gasteiger partial charge in [-0.15, -0.1) is 0 Å². The Labute approximate surface area is 191 Å². The molecule has 2 aliphatic heterocycles. The van der Waals surface area contributed by atoms with Gasteiger partial charge in [-0.05, 0) is 29.8 Å². The van der Waals surface area contributed by atoms with Gasteiger partial charge in [-0.25, -0.2) is 4.79 Å². The number of carbonyl (C=O) groups is 3. The molecule has 2 aromatic rings. The van der Waals surface area contributed by atoms with Crippen LogP contribution in [0.3, 0.4) is 0 Å². The molecule has 2 aliphatic rings. The number of esters is 1. The monoisotopic (exact) mass is 451 g/mol. The summed E-state index contributed by atoms with van der Waals surface area (Å²) in [5, 5.41) is 11.0. The van der Waals surface area contributed by atoms with Gasteiger partial charge < -0.3 is 19.5 Å². The molecule has 0 radical (unpaired) electrons. The summed E-state index contributed by atoms with van der Waals surface area (Å²) in [7, 11) is 1.30. The summed E-state index contributed by atoms with van der Waals surface area (Å²) in [4.78, 5) is 45.5. The summed E-state index contributed by atoms with van der Waals surface area (Å²) in [6, 6.07) is 8.87. The number of pyridine rings is 1. The third kappa shape index (κ3) is 4.64. The van der Waals surface area contributed by atoms with E-state index in [-0.39, 0.29) is 11.3 Å². The van der Waals surface area contributed by atoms with Crippen molar-refractivity contribution >= 4 is 23.4 Å². The highest BCUT2D eigenvalue weighted by Gasteiger charge is 2.46. The molecule has 1 N–H and O–H groups in total. The Hall–Kier alpha value is -3.56. The summed E-state index contributed by atoms with van der Waals surface area (Å²) in [5.41, 5.74) is 1.37. The number of aliphatic hydroxyl groups excluding tert-OH is 1. The minimum Gasteiger partial charge on any atom is -0.507 e. The molecule has 0 aliphatic carbocycles. The number of rotatable bonds is 6. The molecule has 0 bridgehead atoms. The normalized spacial score (nSPS) is 20.8. The number of aliphatic hydroxyl groups is 1. The van der Waals surface area contributed by atoms with Crippen LogP contribution in [-0.2, 0) is 19.1 Å². The Bertz CT molecular complexity index is 1060. The number of hydrogen-bond acceptors (Lipinski definition) is 8. The SMILES string of the molecule is COC(=O)c1ccc([C@H]2C(=C(O)c3ccncc3)C(=O)C(=O)N2CCN2CCOCC2)cc1.